The number of nitrogens with zero attached hydrogens (tertiary/aromatic N) is 1. The van der Waals surface area contributed by atoms with E-state index in [9.17, 15) is 14.4 Å². The summed E-state index contributed by atoms with van der Waals surface area (Å²) in [7, 11) is 0. The molecular formula is C31H29NO5S. The summed E-state index contributed by atoms with van der Waals surface area (Å²) in [6.07, 6.45) is -0.126. The van der Waals surface area contributed by atoms with E-state index in [1.807, 2.05) is 105 Å². The molecule has 3 aromatic rings. The minimum Gasteiger partial charge on any atom is -0.461 e. The van der Waals surface area contributed by atoms with Crippen LogP contribution >= 0.6 is 11.8 Å². The molecule has 3 aromatic carbocycles. The van der Waals surface area contributed by atoms with Crippen molar-refractivity contribution in [2.75, 3.05) is 0 Å². The van der Waals surface area contributed by atoms with Crippen LogP contribution in [0.4, 0.5) is 0 Å². The molecule has 194 valence electrons. The summed E-state index contributed by atoms with van der Waals surface area (Å²) in [6.45, 7) is 4.12. The Morgan fingerprint density at radius 2 is 1.45 bits per heavy atom. The Bertz CT molecular complexity index is 1320. The fourth-order valence-corrected chi connectivity index (χ4v) is 7.63. The predicted octanol–water partition coefficient (Wildman–Crippen LogP) is 5.13. The number of fused-ring (bicyclic) bond motifs is 2. The maximum Gasteiger partial charge on any atom is 0.331 e. The van der Waals surface area contributed by atoms with Gasteiger partial charge in [-0.05, 0) is 37.0 Å². The zero-order valence-corrected chi connectivity index (χ0v) is 22.1. The molecule has 1 aliphatic carbocycles. The van der Waals surface area contributed by atoms with E-state index in [2.05, 4.69) is 0 Å². The summed E-state index contributed by atoms with van der Waals surface area (Å²) in [5, 5.41) is -0.247. The van der Waals surface area contributed by atoms with Gasteiger partial charge in [0.15, 0.2) is 6.10 Å². The van der Waals surface area contributed by atoms with Gasteiger partial charge in [0.05, 0.1) is 16.7 Å². The Labute approximate surface area is 226 Å². The van der Waals surface area contributed by atoms with Crippen LogP contribution in [0.25, 0.3) is 0 Å². The van der Waals surface area contributed by atoms with E-state index in [4.69, 9.17) is 9.47 Å². The molecule has 2 aliphatic heterocycles. The standard InChI is InChI=1S/C31H29NO5S/c1-30(2)25(27(34)37-24(21-14-8-4-9-15-21)22-16-10-5-11-17-22)32-28(35)31(29(32)38-30)18-23(31)26(33)36-19-20-12-6-3-7-13-20/h3-17,23-25,29H,18-19H2,1-2H3/t23-,25-,29+,31+/m0/s1. The van der Waals surface area contributed by atoms with Crippen LogP contribution in [-0.2, 0) is 30.5 Å². The molecule has 6 rings (SSSR count). The van der Waals surface area contributed by atoms with Gasteiger partial charge in [0.2, 0.25) is 5.91 Å². The van der Waals surface area contributed by atoms with Crippen LogP contribution in [0.2, 0.25) is 0 Å². The lowest BCUT2D eigenvalue weighted by Crippen LogP contribution is -2.65. The summed E-state index contributed by atoms with van der Waals surface area (Å²) >= 11 is 1.58. The van der Waals surface area contributed by atoms with Crippen molar-refractivity contribution < 1.29 is 23.9 Å². The highest BCUT2D eigenvalue weighted by Gasteiger charge is 2.82. The first kappa shape index (κ1) is 24.7. The van der Waals surface area contributed by atoms with E-state index in [0.717, 1.165) is 16.7 Å². The van der Waals surface area contributed by atoms with Gasteiger partial charge in [-0.3, -0.25) is 9.59 Å². The van der Waals surface area contributed by atoms with Crippen molar-refractivity contribution in [2.24, 2.45) is 11.3 Å². The molecule has 0 radical (unpaired) electrons. The molecule has 0 bridgehead atoms. The third-order valence-corrected chi connectivity index (χ3v) is 9.55. The molecule has 1 saturated carbocycles. The Morgan fingerprint density at radius 1 is 0.895 bits per heavy atom. The van der Waals surface area contributed by atoms with Crippen LogP contribution in [0.3, 0.4) is 0 Å². The van der Waals surface area contributed by atoms with Gasteiger partial charge in [0, 0.05) is 4.75 Å². The number of hydrogen-bond acceptors (Lipinski definition) is 6. The zero-order chi connectivity index (χ0) is 26.5. The molecule has 2 heterocycles. The highest BCUT2D eigenvalue weighted by molar-refractivity contribution is 8.01. The second-order valence-corrected chi connectivity index (χ2v) is 12.5. The Hall–Kier alpha value is -3.58. The number of benzene rings is 3. The van der Waals surface area contributed by atoms with Gasteiger partial charge in [-0.25, -0.2) is 4.79 Å². The fraction of sp³-hybridized carbons (Fsp3) is 0.323. The van der Waals surface area contributed by atoms with Crippen LogP contribution in [0.5, 0.6) is 0 Å². The van der Waals surface area contributed by atoms with Crippen molar-refractivity contribution in [2.45, 2.75) is 49.1 Å². The van der Waals surface area contributed by atoms with Gasteiger partial charge in [0.1, 0.15) is 12.6 Å². The van der Waals surface area contributed by atoms with Crippen LogP contribution in [0.1, 0.15) is 43.1 Å². The maximum absolute atomic E-state index is 13.7. The SMILES string of the molecule is CC1(C)S[C@H]2N(C(=O)[C@]23C[C@H]3C(=O)OCc2ccccc2)[C@H]1C(=O)OC(c1ccccc1)c1ccccc1. The summed E-state index contributed by atoms with van der Waals surface area (Å²) < 4.78 is 11.1. The van der Waals surface area contributed by atoms with Gasteiger partial charge in [-0.1, -0.05) is 91.0 Å². The monoisotopic (exact) mass is 527 g/mol. The first-order valence-corrected chi connectivity index (χ1v) is 13.7. The summed E-state index contributed by atoms with van der Waals surface area (Å²) in [5.41, 5.74) is 1.86. The summed E-state index contributed by atoms with van der Waals surface area (Å²) in [4.78, 5) is 41.8. The van der Waals surface area contributed by atoms with Gasteiger partial charge >= 0.3 is 11.9 Å². The third-order valence-electron chi connectivity index (χ3n) is 7.85. The highest BCUT2D eigenvalue weighted by Crippen LogP contribution is 2.72. The number of β-lactam (4-membered cyclic amide) rings is 1. The largest absolute Gasteiger partial charge is 0.461 e. The van der Waals surface area contributed by atoms with Crippen molar-refractivity contribution in [3.63, 3.8) is 0 Å². The zero-order valence-electron chi connectivity index (χ0n) is 21.3. The highest BCUT2D eigenvalue weighted by atomic mass is 32.2. The molecule has 7 heteroatoms. The van der Waals surface area contributed by atoms with E-state index in [0.29, 0.717) is 6.42 Å². The first-order valence-electron chi connectivity index (χ1n) is 12.8. The number of ether oxygens (including phenoxy) is 2. The first-order chi connectivity index (χ1) is 18.3. The lowest BCUT2D eigenvalue weighted by atomic mass is 9.87. The van der Waals surface area contributed by atoms with Crippen molar-refractivity contribution in [3.05, 3.63) is 108 Å². The second kappa shape index (κ2) is 9.31. The van der Waals surface area contributed by atoms with E-state index in [1.165, 1.54) is 0 Å². The number of carbonyl (C=O) groups is 3. The second-order valence-electron chi connectivity index (χ2n) is 10.7. The number of esters is 2. The molecule has 3 fully saturated rings. The minimum atomic E-state index is -0.775. The Morgan fingerprint density at radius 3 is 2.03 bits per heavy atom. The smallest absolute Gasteiger partial charge is 0.331 e. The fourth-order valence-electron chi connectivity index (χ4n) is 5.81. The van der Waals surface area contributed by atoms with E-state index < -0.39 is 34.2 Å². The van der Waals surface area contributed by atoms with Crippen LogP contribution < -0.4 is 0 Å². The topological polar surface area (TPSA) is 72.9 Å². The molecule has 0 N–H and O–H groups in total. The summed E-state index contributed by atoms with van der Waals surface area (Å²) in [6, 6.07) is 28.0. The molecule has 0 aromatic heterocycles. The number of rotatable bonds is 7. The average molecular weight is 528 g/mol. The van der Waals surface area contributed by atoms with Crippen LogP contribution in [0.15, 0.2) is 91.0 Å². The number of hydrogen-bond donors (Lipinski definition) is 0. The van der Waals surface area contributed by atoms with E-state index in [1.54, 1.807) is 16.7 Å². The molecule has 6 nitrogen and oxygen atoms in total. The quantitative estimate of drug-likeness (QED) is 0.313. The average Bonchev–Trinajstić information content (AvgIpc) is 3.67. The third kappa shape index (κ3) is 4.00. The molecule has 1 amide bonds. The van der Waals surface area contributed by atoms with Crippen molar-refractivity contribution in [3.8, 4) is 0 Å². The normalized spacial score (nSPS) is 26.6. The number of thioether (sulfide) groups is 1. The number of amides is 1. The maximum atomic E-state index is 13.7. The minimum absolute atomic E-state index is 0.153. The molecule has 4 atom stereocenters. The predicted molar refractivity (Wildman–Crippen MR) is 144 cm³/mol. The van der Waals surface area contributed by atoms with Crippen molar-refractivity contribution in [1.29, 1.82) is 0 Å². The molecule has 2 saturated heterocycles. The Balaban J connectivity index is 1.18. The van der Waals surface area contributed by atoms with Gasteiger partial charge in [-0.15, -0.1) is 11.8 Å². The van der Waals surface area contributed by atoms with Crippen LogP contribution in [0, 0.1) is 11.3 Å². The number of carbonyl (C=O) groups excluding carboxylic acids is 3. The van der Waals surface area contributed by atoms with Gasteiger partial charge < -0.3 is 14.4 Å². The van der Waals surface area contributed by atoms with Gasteiger partial charge in [0.25, 0.3) is 0 Å². The molecular weight excluding hydrogens is 498 g/mol. The molecule has 1 spiro atoms. The van der Waals surface area contributed by atoms with E-state index >= 15 is 0 Å². The molecule has 0 unspecified atom stereocenters. The van der Waals surface area contributed by atoms with E-state index in [-0.39, 0.29) is 23.9 Å². The lowest BCUT2D eigenvalue weighted by Gasteiger charge is -2.45. The lowest BCUT2D eigenvalue weighted by molar-refractivity contribution is -0.173. The Kier molecular flexibility index (Phi) is 6.06. The van der Waals surface area contributed by atoms with Crippen LogP contribution in [-0.4, -0.2) is 38.9 Å². The van der Waals surface area contributed by atoms with Gasteiger partial charge in [-0.2, -0.15) is 0 Å². The molecule has 3 aliphatic rings. The van der Waals surface area contributed by atoms with Crippen molar-refractivity contribution >= 4 is 29.6 Å². The molecule has 38 heavy (non-hydrogen) atoms. The van der Waals surface area contributed by atoms with Crippen molar-refractivity contribution in [1.82, 2.24) is 4.90 Å². The summed E-state index contributed by atoms with van der Waals surface area (Å²) in [5.74, 6) is -1.41.